The third kappa shape index (κ3) is 3.36. The van der Waals surface area contributed by atoms with Crippen molar-refractivity contribution >= 4 is 38.7 Å². The van der Waals surface area contributed by atoms with Crippen LogP contribution in [0.25, 0.3) is 0 Å². The second-order valence-electron chi connectivity index (χ2n) is 6.30. The summed E-state index contributed by atoms with van der Waals surface area (Å²) in [7, 11) is 6.02. The molecule has 2 aliphatic rings. The molecule has 0 aliphatic heterocycles. The Hall–Kier alpha value is -1.56. The van der Waals surface area contributed by atoms with Gasteiger partial charge in [0.15, 0.2) is 5.78 Å². The van der Waals surface area contributed by atoms with Crippen LogP contribution < -0.4 is 0 Å². The van der Waals surface area contributed by atoms with Gasteiger partial charge in [-0.3, -0.25) is 4.79 Å². The third-order valence-corrected chi connectivity index (χ3v) is 4.94. The van der Waals surface area contributed by atoms with E-state index in [1.54, 1.807) is 19.9 Å². The quantitative estimate of drug-likeness (QED) is 0.338. The predicted molar refractivity (Wildman–Crippen MR) is 92.0 cm³/mol. The molecule has 7 nitrogen and oxygen atoms in total. The fourth-order valence-electron chi connectivity index (χ4n) is 3.49. The summed E-state index contributed by atoms with van der Waals surface area (Å²) < 4.78 is 20.4. The van der Waals surface area contributed by atoms with Crippen molar-refractivity contribution in [3.8, 4) is 0 Å². The van der Waals surface area contributed by atoms with E-state index in [0.29, 0.717) is 37.2 Å². The van der Waals surface area contributed by atoms with Crippen LogP contribution in [0.2, 0.25) is 0 Å². The lowest BCUT2D eigenvalue weighted by Gasteiger charge is -2.38. The number of ether oxygens (including phenoxy) is 2. The van der Waals surface area contributed by atoms with Crippen LogP contribution in [0.4, 0.5) is 0 Å². The van der Waals surface area contributed by atoms with E-state index in [0.717, 1.165) is 0 Å². The Labute approximate surface area is 159 Å². The first-order valence-corrected chi connectivity index (χ1v) is 9.11. The maximum absolute atomic E-state index is 12.8. The molecule has 0 fully saturated rings. The minimum atomic E-state index is -2.07. The zero-order chi connectivity index (χ0) is 19.4. The molecule has 0 unspecified atom stereocenters. The Morgan fingerprint density at radius 1 is 1.08 bits per heavy atom. The van der Waals surface area contributed by atoms with Crippen LogP contribution in [0, 0.1) is 10.8 Å². The first-order valence-electron chi connectivity index (χ1n) is 8.29. The number of hydrogen-bond donors (Lipinski definition) is 0. The highest BCUT2D eigenvalue weighted by atomic mass is 28.2. The Kier molecular flexibility index (Phi) is 6.72. The average molecular weight is 393 g/mol. The summed E-state index contributed by atoms with van der Waals surface area (Å²) in [6, 6.07) is 0. The number of rotatable bonds is 8. The lowest BCUT2D eigenvalue weighted by atomic mass is 9.69. The van der Waals surface area contributed by atoms with Crippen molar-refractivity contribution in [2.75, 3.05) is 26.4 Å². The van der Waals surface area contributed by atoms with Crippen LogP contribution in [0.1, 0.15) is 26.7 Å². The molecule has 0 amide bonds. The summed E-state index contributed by atoms with van der Waals surface area (Å²) >= 11 is 0. The van der Waals surface area contributed by atoms with Gasteiger partial charge in [-0.05, 0) is 43.9 Å². The Balaban J connectivity index is 2.51. The lowest BCUT2D eigenvalue weighted by Crippen LogP contribution is -2.48. The van der Waals surface area contributed by atoms with Gasteiger partial charge in [-0.25, -0.2) is 9.59 Å². The zero-order valence-corrected chi connectivity index (χ0v) is 16.8. The molecule has 26 heavy (non-hydrogen) atoms. The van der Waals surface area contributed by atoms with Crippen molar-refractivity contribution in [1.29, 1.82) is 0 Å². The first-order chi connectivity index (χ1) is 12.4. The summed E-state index contributed by atoms with van der Waals surface area (Å²) in [5.41, 5.74) is -1.58. The molecule has 2 rings (SSSR count). The average Bonchev–Trinajstić information content (AvgIpc) is 2.87. The molecule has 0 saturated carbocycles. The molecule has 0 heterocycles. The van der Waals surface area contributed by atoms with Gasteiger partial charge in [0.25, 0.3) is 5.41 Å². The van der Waals surface area contributed by atoms with Gasteiger partial charge >= 0.3 is 11.9 Å². The largest absolute Gasteiger partial charge is 0.465 e. The smallest absolute Gasteiger partial charge is 0.336 e. The van der Waals surface area contributed by atoms with Gasteiger partial charge < -0.3 is 18.3 Å². The normalized spacial score (nSPS) is 20.1. The van der Waals surface area contributed by atoms with E-state index in [2.05, 4.69) is 21.0 Å². The number of carbonyl (C=O) groups excluding carboxylic acids is 3. The molecule has 0 aromatic heterocycles. The van der Waals surface area contributed by atoms with E-state index < -0.39 is 28.6 Å². The lowest BCUT2D eigenvalue weighted by molar-refractivity contribution is -0.169. The Morgan fingerprint density at radius 3 is 2.08 bits per heavy atom. The fourth-order valence-corrected chi connectivity index (χ4v) is 4.11. The van der Waals surface area contributed by atoms with E-state index in [9.17, 15) is 14.4 Å². The van der Waals surface area contributed by atoms with E-state index >= 15 is 0 Å². The van der Waals surface area contributed by atoms with Gasteiger partial charge in [-0.1, -0.05) is 6.08 Å². The van der Waals surface area contributed by atoms with Gasteiger partial charge in [0.2, 0.25) is 21.0 Å². The van der Waals surface area contributed by atoms with Crippen LogP contribution in [0.15, 0.2) is 23.3 Å². The number of esters is 2. The molecule has 2 aliphatic carbocycles. The highest BCUT2D eigenvalue weighted by molar-refractivity contribution is 6.29. The molecule has 0 spiro atoms. The van der Waals surface area contributed by atoms with Crippen molar-refractivity contribution in [3.05, 3.63) is 23.3 Å². The van der Waals surface area contributed by atoms with Gasteiger partial charge in [-0.15, -0.1) is 0 Å². The minimum absolute atomic E-state index is 0.0498. The summed E-state index contributed by atoms with van der Waals surface area (Å²) in [5.74, 6) is -2.44. The monoisotopic (exact) mass is 392 g/mol. The molecule has 9 heteroatoms. The molecular weight excluding hydrogens is 372 g/mol. The van der Waals surface area contributed by atoms with Crippen molar-refractivity contribution in [3.63, 3.8) is 0 Å². The highest BCUT2D eigenvalue weighted by Gasteiger charge is 2.62. The number of carbonyl (C=O) groups is 3. The number of allylic oxidation sites excluding steroid dienone is 3. The fraction of sp³-hybridized carbons (Fsp3) is 0.588. The van der Waals surface area contributed by atoms with Crippen LogP contribution in [0.5, 0.6) is 0 Å². The molecular formula is C17H20O7Si2. The summed E-state index contributed by atoms with van der Waals surface area (Å²) in [6.07, 6.45) is 3.89. The van der Waals surface area contributed by atoms with Gasteiger partial charge in [0.1, 0.15) is 0 Å². The molecule has 0 aromatic rings. The second kappa shape index (κ2) is 8.42. The first kappa shape index (κ1) is 20.8. The van der Waals surface area contributed by atoms with E-state index in [1.165, 1.54) is 6.08 Å². The van der Waals surface area contributed by atoms with Crippen LogP contribution >= 0.6 is 0 Å². The molecule has 0 aromatic carbocycles. The van der Waals surface area contributed by atoms with E-state index in [1.807, 2.05) is 0 Å². The molecule has 6 radical (unpaired) electrons. The van der Waals surface area contributed by atoms with Crippen LogP contribution in [-0.2, 0) is 32.7 Å². The van der Waals surface area contributed by atoms with Crippen molar-refractivity contribution in [1.82, 2.24) is 0 Å². The van der Waals surface area contributed by atoms with Gasteiger partial charge in [0, 0.05) is 18.6 Å². The van der Waals surface area contributed by atoms with Gasteiger partial charge in [0.05, 0.1) is 13.2 Å². The molecule has 0 atom stereocenters. The Morgan fingerprint density at radius 2 is 1.62 bits per heavy atom. The zero-order valence-electron chi connectivity index (χ0n) is 14.8. The SMILES string of the molecule is CCOC(=O)C1(C(=O)OCC)C(=O)C=C2CC(CO[Si])(CO[Si])CC=C21. The second-order valence-corrected chi connectivity index (χ2v) is 6.88. The third-order valence-electron chi connectivity index (χ3n) is 4.65. The van der Waals surface area contributed by atoms with Crippen LogP contribution in [0.3, 0.4) is 0 Å². The highest BCUT2D eigenvalue weighted by Crippen LogP contribution is 2.51. The van der Waals surface area contributed by atoms with E-state index in [-0.39, 0.29) is 13.2 Å². The maximum atomic E-state index is 12.8. The number of hydrogen-bond acceptors (Lipinski definition) is 7. The standard InChI is InChI=1S/C17H20O7Si2/c1-3-21-14(19)17(15(20)22-4-2)12-5-6-16(9-23-25,10-24-26)8-11(12)7-13(17)18/h5,7H,3-4,6,8-10H2,1-2H3. The van der Waals surface area contributed by atoms with Crippen molar-refractivity contribution in [2.45, 2.75) is 26.7 Å². The number of fused-ring (bicyclic) bond motifs is 1. The summed E-state index contributed by atoms with van der Waals surface area (Å²) in [5, 5.41) is 0. The van der Waals surface area contributed by atoms with Gasteiger partial charge in [-0.2, -0.15) is 0 Å². The summed E-state index contributed by atoms with van der Waals surface area (Å²) in [4.78, 5) is 38.2. The molecule has 0 bridgehead atoms. The minimum Gasteiger partial charge on any atom is -0.465 e. The van der Waals surface area contributed by atoms with E-state index in [4.69, 9.17) is 18.3 Å². The topological polar surface area (TPSA) is 88.1 Å². The predicted octanol–water partition coefficient (Wildman–Crippen LogP) is 0.515. The van der Waals surface area contributed by atoms with Crippen molar-refractivity contribution < 1.29 is 32.7 Å². The Bertz CT molecular complexity index is 629. The maximum Gasteiger partial charge on any atom is 0.336 e. The number of ketones is 1. The van der Waals surface area contributed by atoms with Crippen LogP contribution in [-0.4, -0.2) is 65.1 Å². The molecule has 0 saturated heterocycles. The molecule has 138 valence electrons. The van der Waals surface area contributed by atoms with Crippen molar-refractivity contribution in [2.24, 2.45) is 10.8 Å². The summed E-state index contributed by atoms with van der Waals surface area (Å²) in [6.45, 7) is 3.96. The molecule has 0 N–H and O–H groups in total.